The second kappa shape index (κ2) is 7.79. The normalized spacial score (nSPS) is 22.5. The number of likely N-dealkylation sites (tertiary alicyclic amines) is 1. The predicted molar refractivity (Wildman–Crippen MR) is 92.3 cm³/mol. The van der Waals surface area contributed by atoms with Crippen LogP contribution in [0.1, 0.15) is 26.2 Å². The van der Waals surface area contributed by atoms with E-state index in [0.29, 0.717) is 18.5 Å². The number of carbonyl (C=O) groups excluding carboxylic acids is 1. The van der Waals surface area contributed by atoms with Gasteiger partial charge in [-0.2, -0.15) is 0 Å². The Morgan fingerprint density at radius 3 is 2.62 bits per heavy atom. The van der Waals surface area contributed by atoms with Gasteiger partial charge in [-0.25, -0.2) is 9.97 Å². The maximum Gasteiger partial charge on any atom is 0.257 e. The summed E-state index contributed by atoms with van der Waals surface area (Å²) in [5, 5.41) is 0. The van der Waals surface area contributed by atoms with Gasteiger partial charge in [0.25, 0.3) is 5.88 Å². The molecule has 0 unspecified atom stereocenters. The van der Waals surface area contributed by atoms with E-state index in [4.69, 9.17) is 4.74 Å². The summed E-state index contributed by atoms with van der Waals surface area (Å²) >= 11 is 0. The average Bonchev–Trinajstić information content (AvgIpc) is 2.62. The molecule has 0 spiro atoms. The number of rotatable bonds is 4. The number of hydrogen-bond donors (Lipinski definition) is 0. The molecule has 3 heterocycles. The number of ether oxygens (including phenoxy) is 1. The van der Waals surface area contributed by atoms with Crippen molar-refractivity contribution in [1.82, 2.24) is 19.8 Å². The highest BCUT2D eigenvalue weighted by Crippen LogP contribution is 2.23. The molecule has 2 saturated heterocycles. The smallest absolute Gasteiger partial charge is 0.257 e. The summed E-state index contributed by atoms with van der Waals surface area (Å²) in [6.45, 7) is 6.97. The van der Waals surface area contributed by atoms with Gasteiger partial charge in [-0.15, -0.1) is 0 Å². The zero-order valence-corrected chi connectivity index (χ0v) is 14.6. The summed E-state index contributed by atoms with van der Waals surface area (Å²) < 4.78 is 5.29. The van der Waals surface area contributed by atoms with E-state index in [1.807, 2.05) is 0 Å². The van der Waals surface area contributed by atoms with Gasteiger partial charge in [-0.3, -0.25) is 9.69 Å². The number of carbonyl (C=O) groups is 1. The Morgan fingerprint density at radius 1 is 1.17 bits per heavy atom. The van der Waals surface area contributed by atoms with Gasteiger partial charge in [0.2, 0.25) is 5.91 Å². The summed E-state index contributed by atoms with van der Waals surface area (Å²) in [6, 6.07) is 0.386. The highest BCUT2D eigenvalue weighted by atomic mass is 16.5. The van der Waals surface area contributed by atoms with Crippen molar-refractivity contribution in [2.45, 2.75) is 32.2 Å². The van der Waals surface area contributed by atoms with Gasteiger partial charge in [0, 0.05) is 51.2 Å². The number of methoxy groups -OCH3 is 1. The molecule has 7 heteroatoms. The molecule has 2 aliphatic rings. The Kier molecular flexibility index (Phi) is 5.50. The van der Waals surface area contributed by atoms with Gasteiger partial charge < -0.3 is 14.5 Å². The van der Waals surface area contributed by atoms with Crippen LogP contribution in [-0.2, 0) is 4.79 Å². The first-order valence-corrected chi connectivity index (χ1v) is 8.81. The van der Waals surface area contributed by atoms with Crippen molar-refractivity contribution in [1.29, 1.82) is 0 Å². The van der Waals surface area contributed by atoms with E-state index >= 15 is 0 Å². The zero-order valence-electron chi connectivity index (χ0n) is 14.6. The lowest BCUT2D eigenvalue weighted by atomic mass is 10.0. The summed E-state index contributed by atoms with van der Waals surface area (Å²) in [7, 11) is 1.61. The fraction of sp³-hybridized carbons (Fsp3) is 0.706. The van der Waals surface area contributed by atoms with Gasteiger partial charge in [0.15, 0.2) is 5.82 Å². The van der Waals surface area contributed by atoms with Crippen LogP contribution in [0, 0.1) is 0 Å². The van der Waals surface area contributed by atoms with Crippen LogP contribution in [0.5, 0.6) is 5.88 Å². The third-order valence-corrected chi connectivity index (χ3v) is 4.99. The fourth-order valence-corrected chi connectivity index (χ4v) is 3.55. The molecule has 0 bridgehead atoms. The van der Waals surface area contributed by atoms with E-state index in [2.05, 4.69) is 31.6 Å². The molecular weight excluding hydrogens is 306 g/mol. The van der Waals surface area contributed by atoms with Gasteiger partial charge in [-0.1, -0.05) is 0 Å². The molecule has 7 nitrogen and oxygen atoms in total. The number of aromatic nitrogens is 2. The van der Waals surface area contributed by atoms with E-state index in [9.17, 15) is 4.79 Å². The first-order chi connectivity index (χ1) is 11.7. The van der Waals surface area contributed by atoms with Crippen molar-refractivity contribution in [3.63, 3.8) is 0 Å². The number of anilines is 1. The fourth-order valence-electron chi connectivity index (χ4n) is 3.55. The average molecular weight is 333 g/mol. The molecule has 2 aliphatic heterocycles. The van der Waals surface area contributed by atoms with Crippen molar-refractivity contribution >= 4 is 11.7 Å². The summed E-state index contributed by atoms with van der Waals surface area (Å²) in [4.78, 5) is 27.6. The second-order valence-corrected chi connectivity index (χ2v) is 6.58. The van der Waals surface area contributed by atoms with Crippen molar-refractivity contribution in [2.24, 2.45) is 0 Å². The summed E-state index contributed by atoms with van der Waals surface area (Å²) in [5.74, 6) is 1.62. The molecule has 0 aromatic carbocycles. The zero-order chi connectivity index (χ0) is 16.9. The predicted octanol–water partition coefficient (Wildman–Crippen LogP) is 1.01. The molecule has 1 atom stereocenters. The van der Waals surface area contributed by atoms with Crippen LogP contribution in [0.3, 0.4) is 0 Å². The van der Waals surface area contributed by atoms with Gasteiger partial charge in [-0.05, 0) is 26.2 Å². The molecular formula is C17H27N5O2. The van der Waals surface area contributed by atoms with Crippen LogP contribution in [0.25, 0.3) is 0 Å². The number of amides is 1. The first-order valence-electron chi connectivity index (χ1n) is 8.81. The van der Waals surface area contributed by atoms with Gasteiger partial charge in [0.05, 0.1) is 13.7 Å². The van der Waals surface area contributed by atoms with Crippen LogP contribution in [-0.4, -0.2) is 78.1 Å². The molecule has 24 heavy (non-hydrogen) atoms. The quantitative estimate of drug-likeness (QED) is 0.819. The maximum atomic E-state index is 12.6. The molecule has 0 N–H and O–H groups in total. The molecule has 1 amide bonds. The molecule has 0 radical (unpaired) electrons. The maximum absolute atomic E-state index is 12.6. The Balaban J connectivity index is 1.52. The van der Waals surface area contributed by atoms with Crippen molar-refractivity contribution in [2.75, 3.05) is 51.3 Å². The minimum absolute atomic E-state index is 0.271. The van der Waals surface area contributed by atoms with Crippen molar-refractivity contribution in [3.8, 4) is 5.88 Å². The minimum atomic E-state index is 0.271. The topological polar surface area (TPSA) is 61.8 Å². The third kappa shape index (κ3) is 3.77. The van der Waals surface area contributed by atoms with Crippen molar-refractivity contribution < 1.29 is 9.53 Å². The summed E-state index contributed by atoms with van der Waals surface area (Å²) in [5.41, 5.74) is 0. The minimum Gasteiger partial charge on any atom is -0.478 e. The first kappa shape index (κ1) is 17.0. The molecule has 2 fully saturated rings. The van der Waals surface area contributed by atoms with E-state index in [1.54, 1.807) is 19.5 Å². The molecule has 1 aromatic heterocycles. The number of hydrogen-bond acceptors (Lipinski definition) is 6. The monoisotopic (exact) mass is 333 g/mol. The van der Waals surface area contributed by atoms with Crippen LogP contribution in [0.15, 0.2) is 12.4 Å². The Labute approximate surface area is 143 Å². The van der Waals surface area contributed by atoms with E-state index in [-0.39, 0.29) is 5.91 Å². The van der Waals surface area contributed by atoms with E-state index < -0.39 is 0 Å². The molecule has 132 valence electrons. The third-order valence-electron chi connectivity index (χ3n) is 4.99. The Morgan fingerprint density at radius 2 is 1.92 bits per heavy atom. The number of piperazine rings is 1. The Bertz CT molecular complexity index is 560. The lowest BCUT2D eigenvalue weighted by Crippen LogP contribution is -2.52. The largest absolute Gasteiger partial charge is 0.478 e. The number of piperidine rings is 1. The highest BCUT2D eigenvalue weighted by Gasteiger charge is 2.27. The van der Waals surface area contributed by atoms with Crippen LogP contribution >= 0.6 is 0 Å². The highest BCUT2D eigenvalue weighted by molar-refractivity contribution is 5.78. The SMILES string of the molecule is COc1nccnc1N1CCN(CC(=O)N2CCCC[C@H]2C)CC1. The van der Waals surface area contributed by atoms with Gasteiger partial charge >= 0.3 is 0 Å². The van der Waals surface area contributed by atoms with Crippen LogP contribution < -0.4 is 9.64 Å². The lowest BCUT2D eigenvalue weighted by Gasteiger charge is -2.38. The van der Waals surface area contributed by atoms with Crippen molar-refractivity contribution in [3.05, 3.63) is 12.4 Å². The van der Waals surface area contributed by atoms with E-state index in [0.717, 1.165) is 51.4 Å². The molecule has 0 saturated carbocycles. The van der Waals surface area contributed by atoms with Gasteiger partial charge in [0.1, 0.15) is 0 Å². The second-order valence-electron chi connectivity index (χ2n) is 6.58. The molecule has 1 aromatic rings. The summed E-state index contributed by atoms with van der Waals surface area (Å²) in [6.07, 6.45) is 6.83. The Hall–Kier alpha value is -1.89. The number of nitrogens with zero attached hydrogens (tertiary/aromatic N) is 5. The standard InChI is InChI=1S/C17H27N5O2/c1-14-5-3-4-8-22(14)15(23)13-20-9-11-21(12-10-20)16-17(24-2)19-7-6-18-16/h6-7,14H,3-5,8-13H2,1-2H3/t14-/m1/s1. The molecule has 0 aliphatic carbocycles. The van der Waals surface area contributed by atoms with Crippen LogP contribution in [0.2, 0.25) is 0 Å². The molecule has 3 rings (SSSR count). The lowest BCUT2D eigenvalue weighted by molar-refractivity contribution is -0.135. The van der Waals surface area contributed by atoms with Crippen LogP contribution in [0.4, 0.5) is 5.82 Å². The van der Waals surface area contributed by atoms with E-state index in [1.165, 1.54) is 6.42 Å².